The Balaban J connectivity index is 1.41. The first kappa shape index (κ1) is 16.8. The van der Waals surface area contributed by atoms with Crippen molar-refractivity contribution < 1.29 is 9.90 Å². The Kier molecular flexibility index (Phi) is 4.24. The van der Waals surface area contributed by atoms with Crippen molar-refractivity contribution in [1.82, 2.24) is 25.1 Å². The molecule has 1 aliphatic rings. The minimum Gasteiger partial charge on any atom is -0.391 e. The molecule has 136 valence electrons. The number of aromatic nitrogens is 4. The molecule has 2 atom stereocenters. The van der Waals surface area contributed by atoms with Gasteiger partial charge in [0.1, 0.15) is 5.82 Å². The fourth-order valence-corrected chi connectivity index (χ4v) is 3.69. The number of carbonyl (C=O) groups is 1. The number of β-amino-alcohol motifs (C(OH)–C–C–N with tert-alkyl or cyclic N) is 1. The van der Waals surface area contributed by atoms with Gasteiger partial charge in [0.25, 0.3) is 0 Å². The molecule has 1 amide bonds. The highest BCUT2D eigenvalue weighted by Gasteiger charge is 2.34. The lowest BCUT2D eigenvalue weighted by molar-refractivity contribution is -0.129. The number of nitrogens with zero attached hydrogens (tertiary/aromatic N) is 3. The van der Waals surface area contributed by atoms with Crippen molar-refractivity contribution in [3.05, 3.63) is 47.0 Å². The van der Waals surface area contributed by atoms with E-state index in [-0.39, 0.29) is 11.8 Å². The van der Waals surface area contributed by atoms with E-state index in [1.54, 1.807) is 4.90 Å². The SMILES string of the molecule is Cc1cc(C[C@@H]2CN(C(=O)Cc3ccc4nc(C)[nH]c4c3)C[C@@H]2O)n[nH]1. The molecule has 0 saturated carbocycles. The number of amides is 1. The quantitative estimate of drug-likeness (QED) is 0.662. The highest BCUT2D eigenvalue weighted by Crippen LogP contribution is 2.22. The highest BCUT2D eigenvalue weighted by molar-refractivity contribution is 5.82. The number of carbonyl (C=O) groups excluding carboxylic acids is 1. The fourth-order valence-electron chi connectivity index (χ4n) is 3.69. The number of fused-ring (bicyclic) bond motifs is 1. The predicted molar refractivity (Wildman–Crippen MR) is 97.6 cm³/mol. The summed E-state index contributed by atoms with van der Waals surface area (Å²) in [7, 11) is 0. The molecule has 1 aliphatic heterocycles. The average molecular weight is 353 g/mol. The lowest BCUT2D eigenvalue weighted by atomic mass is 10.0. The number of H-pyrrole nitrogens is 2. The summed E-state index contributed by atoms with van der Waals surface area (Å²) in [6, 6.07) is 7.84. The van der Waals surface area contributed by atoms with Crippen molar-refractivity contribution in [2.75, 3.05) is 13.1 Å². The molecule has 2 aromatic heterocycles. The number of hydrogen-bond donors (Lipinski definition) is 3. The third kappa shape index (κ3) is 3.35. The Morgan fingerprint density at radius 2 is 2.15 bits per heavy atom. The lowest BCUT2D eigenvalue weighted by Crippen LogP contribution is -2.31. The normalized spacial score (nSPS) is 20.2. The summed E-state index contributed by atoms with van der Waals surface area (Å²) in [4.78, 5) is 22.0. The molecule has 3 N–H and O–H groups in total. The van der Waals surface area contributed by atoms with Crippen LogP contribution >= 0.6 is 0 Å². The number of likely N-dealkylation sites (tertiary alicyclic amines) is 1. The van der Waals surface area contributed by atoms with E-state index in [0.29, 0.717) is 25.9 Å². The summed E-state index contributed by atoms with van der Waals surface area (Å²) in [6.45, 7) is 4.82. The van der Waals surface area contributed by atoms with E-state index >= 15 is 0 Å². The van der Waals surface area contributed by atoms with E-state index < -0.39 is 6.10 Å². The van der Waals surface area contributed by atoms with Gasteiger partial charge in [0.2, 0.25) is 5.91 Å². The molecule has 7 nitrogen and oxygen atoms in total. The second kappa shape index (κ2) is 6.57. The number of nitrogens with one attached hydrogen (secondary N) is 2. The smallest absolute Gasteiger partial charge is 0.227 e. The van der Waals surface area contributed by atoms with Crippen LogP contribution in [0.15, 0.2) is 24.3 Å². The van der Waals surface area contributed by atoms with Crippen LogP contribution in [0.1, 0.15) is 22.8 Å². The van der Waals surface area contributed by atoms with Crippen LogP contribution in [0.4, 0.5) is 0 Å². The van der Waals surface area contributed by atoms with Gasteiger partial charge < -0.3 is 15.0 Å². The first-order valence-electron chi connectivity index (χ1n) is 8.90. The Hall–Kier alpha value is -2.67. The van der Waals surface area contributed by atoms with Crippen molar-refractivity contribution in [1.29, 1.82) is 0 Å². The van der Waals surface area contributed by atoms with E-state index in [1.807, 2.05) is 38.1 Å². The first-order chi connectivity index (χ1) is 12.5. The molecule has 0 bridgehead atoms. The zero-order chi connectivity index (χ0) is 18.3. The van der Waals surface area contributed by atoms with Crippen molar-refractivity contribution in [3.8, 4) is 0 Å². The number of aromatic amines is 2. The van der Waals surface area contributed by atoms with Crippen molar-refractivity contribution in [2.24, 2.45) is 5.92 Å². The van der Waals surface area contributed by atoms with Crippen LogP contribution < -0.4 is 0 Å². The summed E-state index contributed by atoms with van der Waals surface area (Å²) in [5.41, 5.74) is 4.74. The van der Waals surface area contributed by atoms with Crippen LogP contribution in [0, 0.1) is 19.8 Å². The van der Waals surface area contributed by atoms with Gasteiger partial charge in [-0.05, 0) is 44.0 Å². The summed E-state index contributed by atoms with van der Waals surface area (Å²) < 4.78 is 0. The molecule has 26 heavy (non-hydrogen) atoms. The topological polar surface area (TPSA) is 97.9 Å². The molecule has 7 heteroatoms. The van der Waals surface area contributed by atoms with Crippen LogP contribution in [-0.2, 0) is 17.6 Å². The Bertz CT molecular complexity index is 944. The molecule has 3 aromatic rings. The van der Waals surface area contributed by atoms with Gasteiger partial charge in [-0.15, -0.1) is 0 Å². The minimum absolute atomic E-state index is 0.0272. The molecule has 1 aromatic carbocycles. The van der Waals surface area contributed by atoms with Gasteiger partial charge >= 0.3 is 0 Å². The monoisotopic (exact) mass is 353 g/mol. The highest BCUT2D eigenvalue weighted by atomic mass is 16.3. The van der Waals surface area contributed by atoms with E-state index in [9.17, 15) is 9.90 Å². The fraction of sp³-hybridized carbons (Fsp3) is 0.421. The maximum atomic E-state index is 12.7. The summed E-state index contributed by atoms with van der Waals surface area (Å²) in [5.74, 6) is 0.933. The lowest BCUT2D eigenvalue weighted by Gasteiger charge is -2.16. The molecule has 4 rings (SSSR count). The number of hydrogen-bond acceptors (Lipinski definition) is 4. The number of aliphatic hydroxyl groups excluding tert-OH is 1. The molecule has 1 saturated heterocycles. The van der Waals surface area contributed by atoms with Crippen LogP contribution in [0.5, 0.6) is 0 Å². The zero-order valence-electron chi connectivity index (χ0n) is 15.0. The van der Waals surface area contributed by atoms with Gasteiger partial charge in [0, 0.05) is 24.7 Å². The van der Waals surface area contributed by atoms with Gasteiger partial charge in [-0.1, -0.05) is 6.07 Å². The van der Waals surface area contributed by atoms with Crippen LogP contribution in [0.25, 0.3) is 11.0 Å². The van der Waals surface area contributed by atoms with Gasteiger partial charge in [0.05, 0.1) is 29.3 Å². The Morgan fingerprint density at radius 1 is 1.31 bits per heavy atom. The van der Waals surface area contributed by atoms with Gasteiger partial charge in [-0.25, -0.2) is 4.98 Å². The van der Waals surface area contributed by atoms with E-state index in [4.69, 9.17) is 0 Å². The average Bonchev–Trinajstić information content (AvgIpc) is 3.26. The second-order valence-electron chi connectivity index (χ2n) is 7.22. The van der Waals surface area contributed by atoms with Crippen LogP contribution in [0.3, 0.4) is 0 Å². The molecule has 1 fully saturated rings. The van der Waals surface area contributed by atoms with Crippen LogP contribution in [-0.4, -0.2) is 55.3 Å². The summed E-state index contributed by atoms with van der Waals surface area (Å²) in [6.07, 6.45) is 0.498. The molecule has 0 aliphatic carbocycles. The molecule has 3 heterocycles. The number of rotatable bonds is 4. The van der Waals surface area contributed by atoms with Crippen LogP contribution in [0.2, 0.25) is 0 Å². The van der Waals surface area contributed by atoms with E-state index in [1.165, 1.54) is 0 Å². The Labute approximate surface area is 151 Å². The predicted octanol–water partition coefficient (Wildman–Crippen LogP) is 1.51. The van der Waals surface area contributed by atoms with Crippen molar-refractivity contribution in [3.63, 3.8) is 0 Å². The largest absolute Gasteiger partial charge is 0.391 e. The summed E-state index contributed by atoms with van der Waals surface area (Å²) >= 11 is 0. The Morgan fingerprint density at radius 3 is 2.92 bits per heavy atom. The molecular weight excluding hydrogens is 330 g/mol. The third-order valence-electron chi connectivity index (χ3n) is 5.01. The maximum absolute atomic E-state index is 12.7. The molecule has 0 unspecified atom stereocenters. The zero-order valence-corrected chi connectivity index (χ0v) is 15.0. The number of imidazole rings is 1. The molecular formula is C19H23N5O2. The van der Waals surface area contributed by atoms with Gasteiger partial charge in [-0.2, -0.15) is 5.10 Å². The number of benzene rings is 1. The third-order valence-corrected chi connectivity index (χ3v) is 5.01. The maximum Gasteiger partial charge on any atom is 0.227 e. The van der Waals surface area contributed by atoms with Gasteiger partial charge in [-0.3, -0.25) is 9.89 Å². The van der Waals surface area contributed by atoms with Crippen molar-refractivity contribution in [2.45, 2.75) is 32.8 Å². The second-order valence-corrected chi connectivity index (χ2v) is 7.22. The molecule has 0 spiro atoms. The first-order valence-corrected chi connectivity index (χ1v) is 8.90. The standard InChI is InChI=1S/C19H23N5O2/c1-11-5-15(23-22-11)8-14-9-24(10-18(14)25)19(26)7-13-3-4-16-17(6-13)21-12(2)20-16/h3-6,14,18,25H,7-10H2,1-2H3,(H,20,21)(H,22,23)/t14-,18+/m1/s1. The minimum atomic E-state index is -0.506. The van der Waals surface area contributed by atoms with E-state index in [0.717, 1.165) is 33.8 Å². The summed E-state index contributed by atoms with van der Waals surface area (Å²) in [5, 5.41) is 17.5. The molecule has 0 radical (unpaired) electrons. The van der Waals surface area contributed by atoms with Crippen molar-refractivity contribution >= 4 is 16.9 Å². The van der Waals surface area contributed by atoms with E-state index in [2.05, 4.69) is 20.2 Å². The number of aliphatic hydroxyl groups is 1. The number of aryl methyl sites for hydroxylation is 2. The van der Waals surface area contributed by atoms with Gasteiger partial charge in [0.15, 0.2) is 0 Å².